The van der Waals surface area contributed by atoms with Crippen LogP contribution >= 0.6 is 0 Å². The molecule has 1 aliphatic heterocycles. The van der Waals surface area contributed by atoms with Gasteiger partial charge < -0.3 is 10.2 Å². The van der Waals surface area contributed by atoms with Crippen molar-refractivity contribution in [2.75, 3.05) is 6.54 Å². The van der Waals surface area contributed by atoms with E-state index in [2.05, 4.69) is 19.2 Å². The van der Waals surface area contributed by atoms with Crippen LogP contribution in [0.2, 0.25) is 0 Å². The quantitative estimate of drug-likeness (QED) is 0.807. The van der Waals surface area contributed by atoms with Gasteiger partial charge in [-0.25, -0.2) is 0 Å². The van der Waals surface area contributed by atoms with Gasteiger partial charge in [-0.1, -0.05) is 26.7 Å². The second-order valence-electron chi connectivity index (χ2n) is 6.13. The van der Waals surface area contributed by atoms with Gasteiger partial charge in [-0.15, -0.1) is 0 Å². The highest BCUT2D eigenvalue weighted by atomic mass is 16.2. The molecule has 0 bridgehead atoms. The van der Waals surface area contributed by atoms with Gasteiger partial charge in [-0.2, -0.15) is 0 Å². The maximum atomic E-state index is 12.4. The summed E-state index contributed by atoms with van der Waals surface area (Å²) in [5.74, 6) is 1.31. The SMILES string of the molecule is CC(C)CC1NC(=O)C(C)N(CCC2CC2)C1=O. The van der Waals surface area contributed by atoms with Gasteiger partial charge in [0.05, 0.1) is 0 Å². The molecular weight excluding hydrogens is 228 g/mol. The Kier molecular flexibility index (Phi) is 3.93. The summed E-state index contributed by atoms with van der Waals surface area (Å²) < 4.78 is 0. The molecule has 1 saturated heterocycles. The Morgan fingerprint density at radius 3 is 2.56 bits per heavy atom. The smallest absolute Gasteiger partial charge is 0.245 e. The minimum atomic E-state index is -0.312. The molecule has 2 aliphatic rings. The van der Waals surface area contributed by atoms with E-state index in [0.717, 1.165) is 25.3 Å². The van der Waals surface area contributed by atoms with Crippen molar-refractivity contribution in [1.29, 1.82) is 0 Å². The normalized spacial score (nSPS) is 28.8. The molecular formula is C14H24N2O2. The van der Waals surface area contributed by atoms with Crippen molar-refractivity contribution >= 4 is 11.8 Å². The number of carbonyl (C=O) groups is 2. The molecule has 4 heteroatoms. The molecule has 2 atom stereocenters. The Morgan fingerprint density at radius 1 is 1.33 bits per heavy atom. The maximum Gasteiger partial charge on any atom is 0.245 e. The summed E-state index contributed by atoms with van der Waals surface area (Å²) in [5.41, 5.74) is 0. The van der Waals surface area contributed by atoms with Gasteiger partial charge in [-0.3, -0.25) is 9.59 Å². The van der Waals surface area contributed by atoms with Crippen LogP contribution in [-0.2, 0) is 9.59 Å². The Morgan fingerprint density at radius 2 is 2.00 bits per heavy atom. The highest BCUT2D eigenvalue weighted by Gasteiger charge is 2.38. The van der Waals surface area contributed by atoms with E-state index in [1.165, 1.54) is 12.8 Å². The van der Waals surface area contributed by atoms with Gasteiger partial charge in [0.25, 0.3) is 0 Å². The first-order chi connectivity index (χ1) is 8.49. The largest absolute Gasteiger partial charge is 0.343 e. The summed E-state index contributed by atoms with van der Waals surface area (Å²) in [4.78, 5) is 26.0. The van der Waals surface area contributed by atoms with E-state index in [4.69, 9.17) is 0 Å². The molecule has 0 aromatic carbocycles. The molecule has 2 rings (SSSR count). The van der Waals surface area contributed by atoms with E-state index >= 15 is 0 Å². The van der Waals surface area contributed by atoms with Crippen molar-refractivity contribution in [3.8, 4) is 0 Å². The number of amides is 2. The van der Waals surface area contributed by atoms with Crippen LogP contribution in [0.1, 0.15) is 46.5 Å². The predicted molar refractivity (Wildman–Crippen MR) is 69.9 cm³/mol. The minimum absolute atomic E-state index is 0.00366. The first kappa shape index (κ1) is 13.4. The van der Waals surface area contributed by atoms with E-state index < -0.39 is 0 Å². The van der Waals surface area contributed by atoms with Crippen LogP contribution in [0.3, 0.4) is 0 Å². The molecule has 0 radical (unpaired) electrons. The van der Waals surface area contributed by atoms with E-state index in [1.54, 1.807) is 4.90 Å². The van der Waals surface area contributed by atoms with Crippen LogP contribution in [-0.4, -0.2) is 35.3 Å². The molecule has 4 nitrogen and oxygen atoms in total. The standard InChI is InChI=1S/C14H24N2O2/c1-9(2)8-12-14(18)16(7-6-11-4-5-11)10(3)13(17)15-12/h9-12H,4-8H2,1-3H3,(H,15,17). The Balaban J connectivity index is 1.98. The summed E-state index contributed by atoms with van der Waals surface area (Å²) in [6.07, 6.45) is 4.37. The van der Waals surface area contributed by atoms with Gasteiger partial charge in [0.15, 0.2) is 0 Å². The molecule has 2 amide bonds. The molecule has 102 valence electrons. The summed E-state index contributed by atoms with van der Waals surface area (Å²) in [7, 11) is 0. The van der Waals surface area contributed by atoms with Crippen LogP contribution in [0, 0.1) is 11.8 Å². The summed E-state index contributed by atoms with van der Waals surface area (Å²) >= 11 is 0. The molecule has 1 heterocycles. The lowest BCUT2D eigenvalue weighted by molar-refractivity contribution is -0.149. The molecule has 2 unspecified atom stereocenters. The first-order valence-corrected chi connectivity index (χ1v) is 7.10. The third kappa shape index (κ3) is 3.03. The first-order valence-electron chi connectivity index (χ1n) is 7.10. The van der Waals surface area contributed by atoms with Gasteiger partial charge in [0.1, 0.15) is 12.1 Å². The van der Waals surface area contributed by atoms with E-state index in [9.17, 15) is 9.59 Å². The summed E-state index contributed by atoms with van der Waals surface area (Å²) in [5, 5.41) is 2.85. The van der Waals surface area contributed by atoms with Gasteiger partial charge >= 0.3 is 0 Å². The fourth-order valence-electron chi connectivity index (χ4n) is 2.55. The Labute approximate surface area is 109 Å². The molecule has 1 aliphatic carbocycles. The highest BCUT2D eigenvalue weighted by molar-refractivity contribution is 5.96. The number of nitrogens with one attached hydrogen (secondary N) is 1. The van der Waals surface area contributed by atoms with E-state index in [1.807, 2.05) is 6.92 Å². The monoisotopic (exact) mass is 252 g/mol. The fraction of sp³-hybridized carbons (Fsp3) is 0.857. The van der Waals surface area contributed by atoms with Crippen LogP contribution < -0.4 is 5.32 Å². The maximum absolute atomic E-state index is 12.4. The average Bonchev–Trinajstić information content (AvgIpc) is 3.09. The third-order valence-electron chi connectivity index (χ3n) is 3.93. The van der Waals surface area contributed by atoms with Crippen LogP contribution in [0.15, 0.2) is 0 Å². The van der Waals surface area contributed by atoms with Gasteiger partial charge in [-0.05, 0) is 31.6 Å². The van der Waals surface area contributed by atoms with E-state index in [-0.39, 0.29) is 23.9 Å². The van der Waals surface area contributed by atoms with Crippen molar-refractivity contribution in [3.05, 3.63) is 0 Å². The Bertz CT molecular complexity index is 337. The van der Waals surface area contributed by atoms with Crippen molar-refractivity contribution in [2.24, 2.45) is 11.8 Å². The zero-order valence-corrected chi connectivity index (χ0v) is 11.6. The molecule has 1 N–H and O–H groups in total. The lowest BCUT2D eigenvalue weighted by Gasteiger charge is -2.38. The zero-order chi connectivity index (χ0) is 13.3. The fourth-order valence-corrected chi connectivity index (χ4v) is 2.55. The van der Waals surface area contributed by atoms with Gasteiger partial charge in [0, 0.05) is 6.54 Å². The van der Waals surface area contributed by atoms with Crippen molar-refractivity contribution < 1.29 is 9.59 Å². The summed E-state index contributed by atoms with van der Waals surface area (Å²) in [6, 6.07) is -0.618. The number of carbonyl (C=O) groups excluding carboxylic acids is 2. The van der Waals surface area contributed by atoms with Crippen molar-refractivity contribution in [2.45, 2.75) is 58.5 Å². The molecule has 1 saturated carbocycles. The number of rotatable bonds is 5. The molecule has 2 fully saturated rings. The lowest BCUT2D eigenvalue weighted by atomic mass is 9.98. The molecule has 0 aromatic rings. The predicted octanol–water partition coefficient (Wildman–Crippen LogP) is 1.55. The van der Waals surface area contributed by atoms with Crippen LogP contribution in [0.5, 0.6) is 0 Å². The van der Waals surface area contributed by atoms with Crippen LogP contribution in [0.4, 0.5) is 0 Å². The molecule has 0 aromatic heterocycles. The van der Waals surface area contributed by atoms with Crippen molar-refractivity contribution in [3.63, 3.8) is 0 Å². The van der Waals surface area contributed by atoms with E-state index in [0.29, 0.717) is 5.92 Å². The van der Waals surface area contributed by atoms with Gasteiger partial charge in [0.2, 0.25) is 11.8 Å². The average molecular weight is 252 g/mol. The van der Waals surface area contributed by atoms with Crippen LogP contribution in [0.25, 0.3) is 0 Å². The second-order valence-corrected chi connectivity index (χ2v) is 6.13. The summed E-state index contributed by atoms with van der Waals surface area (Å²) in [6.45, 7) is 6.72. The number of hydrogen-bond donors (Lipinski definition) is 1. The minimum Gasteiger partial charge on any atom is -0.343 e. The Hall–Kier alpha value is -1.06. The molecule has 0 spiro atoms. The second kappa shape index (κ2) is 5.29. The highest BCUT2D eigenvalue weighted by Crippen LogP contribution is 2.33. The zero-order valence-electron chi connectivity index (χ0n) is 11.6. The topological polar surface area (TPSA) is 49.4 Å². The van der Waals surface area contributed by atoms with Crippen molar-refractivity contribution in [1.82, 2.24) is 10.2 Å². The third-order valence-corrected chi connectivity index (χ3v) is 3.93. The number of hydrogen-bond acceptors (Lipinski definition) is 2. The number of nitrogens with zero attached hydrogens (tertiary/aromatic N) is 1. The molecule has 18 heavy (non-hydrogen) atoms. The number of piperazine rings is 1. The lowest BCUT2D eigenvalue weighted by Crippen LogP contribution is -2.62.